The van der Waals surface area contributed by atoms with Gasteiger partial charge < -0.3 is 9.53 Å². The monoisotopic (exact) mass is 207 g/mol. The summed E-state index contributed by atoms with van der Waals surface area (Å²) in [5.41, 5.74) is 0.0225. The summed E-state index contributed by atoms with van der Waals surface area (Å²) in [4.78, 5) is 15.3. The van der Waals surface area contributed by atoms with Crippen molar-refractivity contribution in [3.05, 3.63) is 45.8 Å². The molecule has 0 saturated heterocycles. The first-order valence-corrected chi connectivity index (χ1v) is 4.95. The van der Waals surface area contributed by atoms with Gasteiger partial charge in [0.25, 0.3) is 5.70 Å². The summed E-state index contributed by atoms with van der Waals surface area (Å²) in [6.45, 7) is 9.09. The van der Waals surface area contributed by atoms with Crippen molar-refractivity contribution >= 4 is 17.1 Å². The average Bonchev–Trinajstić information content (AvgIpc) is 2.71. The predicted octanol–water partition coefficient (Wildman–Crippen LogP) is 2.73. The molecule has 4 heteroatoms. The van der Waals surface area contributed by atoms with Crippen molar-refractivity contribution in [3.63, 3.8) is 0 Å². The van der Waals surface area contributed by atoms with E-state index in [0.717, 1.165) is 0 Å². The second-order valence-corrected chi connectivity index (χ2v) is 3.32. The molecule has 72 valence electrons. The molecular formula is C10H9NO2S. The molecule has 0 N–H and O–H groups in total. The topological polar surface area (TPSA) is 30.7 Å². The van der Waals surface area contributed by atoms with Gasteiger partial charge in [-0.05, 0) is 18.4 Å². The number of rotatable bonds is 4. The van der Waals surface area contributed by atoms with Crippen molar-refractivity contribution in [3.8, 4) is 0 Å². The summed E-state index contributed by atoms with van der Waals surface area (Å²) in [6.07, 6.45) is 1.22. The summed E-state index contributed by atoms with van der Waals surface area (Å²) in [5, 5.41) is 1.80. The number of ketones is 1. The zero-order valence-corrected chi connectivity index (χ0v) is 8.50. The molecule has 0 amide bonds. The van der Waals surface area contributed by atoms with Crippen LogP contribution in [0.5, 0.6) is 0 Å². The Bertz CT molecular complexity index is 373. The summed E-state index contributed by atoms with van der Waals surface area (Å²) in [7, 11) is 0. The largest absolute Gasteiger partial charge is 0.512 e. The number of nitrogens with zero attached hydrogens (tertiary/aromatic N) is 1. The zero-order valence-electron chi connectivity index (χ0n) is 7.69. The van der Waals surface area contributed by atoms with Crippen LogP contribution in [0.2, 0.25) is 0 Å². The first kappa shape index (κ1) is 10.5. The van der Waals surface area contributed by atoms with Crippen LogP contribution in [0.15, 0.2) is 29.5 Å². The minimum atomic E-state index is -0.275. The van der Waals surface area contributed by atoms with Crippen LogP contribution in [0, 0.1) is 6.57 Å². The van der Waals surface area contributed by atoms with E-state index in [1.165, 1.54) is 17.6 Å². The molecular weight excluding hydrogens is 198 g/mol. The van der Waals surface area contributed by atoms with Gasteiger partial charge in [-0.25, -0.2) is 4.85 Å². The van der Waals surface area contributed by atoms with Crippen molar-refractivity contribution in [1.29, 1.82) is 0 Å². The smallest absolute Gasteiger partial charge is 0.268 e. The Kier molecular flexibility index (Phi) is 3.89. The lowest BCUT2D eigenvalue weighted by atomic mass is 10.2. The Morgan fingerprint density at radius 2 is 2.57 bits per heavy atom. The van der Waals surface area contributed by atoms with Gasteiger partial charge in [0.2, 0.25) is 5.78 Å². The summed E-state index contributed by atoms with van der Waals surface area (Å²) in [5.74, 6) is -0.275. The highest BCUT2D eigenvalue weighted by atomic mass is 32.1. The highest BCUT2D eigenvalue weighted by Gasteiger charge is 2.13. The maximum Gasteiger partial charge on any atom is 0.268 e. The maximum atomic E-state index is 11.6. The number of Topliss-reactive ketones (excluding diaryl/α,β-unsaturated/α-hetero) is 1. The van der Waals surface area contributed by atoms with Crippen LogP contribution in [0.4, 0.5) is 0 Å². The van der Waals surface area contributed by atoms with Crippen molar-refractivity contribution in [1.82, 2.24) is 0 Å². The van der Waals surface area contributed by atoms with Crippen molar-refractivity contribution < 1.29 is 9.53 Å². The SMILES string of the molecule is [C-]#[N+]C(=COCC)C(=O)c1cccs1. The number of hydrogen-bond acceptors (Lipinski definition) is 3. The van der Waals surface area contributed by atoms with E-state index >= 15 is 0 Å². The first-order chi connectivity index (χ1) is 6.79. The molecule has 0 atom stereocenters. The van der Waals surface area contributed by atoms with Gasteiger partial charge in [-0.15, -0.1) is 11.3 Å². The molecule has 0 spiro atoms. The van der Waals surface area contributed by atoms with E-state index in [9.17, 15) is 4.79 Å². The van der Waals surface area contributed by atoms with Crippen LogP contribution in [0.25, 0.3) is 4.85 Å². The normalized spacial score (nSPS) is 10.7. The van der Waals surface area contributed by atoms with Gasteiger partial charge in [-0.2, -0.15) is 0 Å². The van der Waals surface area contributed by atoms with Crippen molar-refractivity contribution in [2.24, 2.45) is 0 Å². The molecule has 0 aliphatic carbocycles. The molecule has 1 rings (SSSR count). The highest BCUT2D eigenvalue weighted by Crippen LogP contribution is 2.15. The number of hydrogen-bond donors (Lipinski definition) is 0. The van der Waals surface area contributed by atoms with Gasteiger partial charge in [-0.1, -0.05) is 6.07 Å². The molecule has 1 aromatic rings. The van der Waals surface area contributed by atoms with Gasteiger partial charge in [0.05, 0.1) is 24.3 Å². The number of carbonyl (C=O) groups excluding carboxylic acids is 1. The third kappa shape index (κ3) is 2.44. The van der Waals surface area contributed by atoms with E-state index in [4.69, 9.17) is 11.3 Å². The maximum absolute atomic E-state index is 11.6. The number of allylic oxidation sites excluding steroid dienone is 1. The second-order valence-electron chi connectivity index (χ2n) is 2.38. The molecule has 1 aromatic heterocycles. The molecule has 3 nitrogen and oxygen atoms in total. The fraction of sp³-hybridized carbons (Fsp3) is 0.200. The lowest BCUT2D eigenvalue weighted by molar-refractivity contribution is 0.103. The summed E-state index contributed by atoms with van der Waals surface area (Å²) < 4.78 is 4.91. The first-order valence-electron chi connectivity index (χ1n) is 4.07. The van der Waals surface area contributed by atoms with Crippen LogP contribution < -0.4 is 0 Å². The van der Waals surface area contributed by atoms with E-state index < -0.39 is 0 Å². The van der Waals surface area contributed by atoms with E-state index in [1.54, 1.807) is 24.4 Å². The van der Waals surface area contributed by atoms with E-state index in [-0.39, 0.29) is 11.5 Å². The zero-order chi connectivity index (χ0) is 10.4. The molecule has 0 aromatic carbocycles. The van der Waals surface area contributed by atoms with Gasteiger partial charge in [0.1, 0.15) is 0 Å². The third-order valence-corrected chi connectivity index (χ3v) is 2.33. The standard InChI is InChI=1S/C10H9NO2S/c1-3-13-7-8(11-2)10(12)9-5-4-6-14-9/h4-7H,3H2,1H3. The lowest BCUT2D eigenvalue weighted by Gasteiger charge is -1.96. The van der Waals surface area contributed by atoms with Crippen LogP contribution >= 0.6 is 11.3 Å². The Hall–Kier alpha value is -1.60. The van der Waals surface area contributed by atoms with Crippen molar-refractivity contribution in [2.75, 3.05) is 6.61 Å². The van der Waals surface area contributed by atoms with Gasteiger partial charge >= 0.3 is 0 Å². The number of carbonyl (C=O) groups is 1. The minimum absolute atomic E-state index is 0.0225. The molecule has 0 aliphatic rings. The number of ether oxygens (including phenoxy) is 1. The molecule has 1 heterocycles. The Morgan fingerprint density at radius 1 is 1.79 bits per heavy atom. The van der Waals surface area contributed by atoms with Crippen LogP contribution in [-0.4, -0.2) is 12.4 Å². The molecule has 0 bridgehead atoms. The Balaban J connectivity index is 2.83. The van der Waals surface area contributed by atoms with E-state index in [0.29, 0.717) is 11.5 Å². The van der Waals surface area contributed by atoms with Crippen LogP contribution in [0.1, 0.15) is 16.6 Å². The Morgan fingerprint density at radius 3 is 3.07 bits per heavy atom. The fourth-order valence-corrected chi connectivity index (χ4v) is 1.50. The quantitative estimate of drug-likeness (QED) is 0.329. The molecule has 0 saturated carbocycles. The van der Waals surface area contributed by atoms with E-state index in [1.807, 2.05) is 0 Å². The highest BCUT2D eigenvalue weighted by molar-refractivity contribution is 7.12. The molecule has 0 radical (unpaired) electrons. The Labute approximate surface area is 86.4 Å². The minimum Gasteiger partial charge on any atom is -0.512 e. The van der Waals surface area contributed by atoms with Gasteiger partial charge in [0, 0.05) is 0 Å². The predicted molar refractivity (Wildman–Crippen MR) is 55.0 cm³/mol. The van der Waals surface area contributed by atoms with Gasteiger partial charge in [-0.3, -0.25) is 0 Å². The van der Waals surface area contributed by atoms with Gasteiger partial charge in [0.15, 0.2) is 0 Å². The molecule has 0 aliphatic heterocycles. The second kappa shape index (κ2) is 5.20. The summed E-state index contributed by atoms with van der Waals surface area (Å²) in [6, 6.07) is 3.47. The third-order valence-electron chi connectivity index (χ3n) is 1.46. The van der Waals surface area contributed by atoms with E-state index in [2.05, 4.69) is 4.85 Å². The van der Waals surface area contributed by atoms with Crippen LogP contribution in [-0.2, 0) is 4.74 Å². The fourth-order valence-electron chi connectivity index (χ4n) is 0.827. The lowest BCUT2D eigenvalue weighted by Crippen LogP contribution is -1.98. The molecule has 0 unspecified atom stereocenters. The number of thiophene rings is 1. The summed E-state index contributed by atoms with van der Waals surface area (Å²) >= 11 is 1.32. The van der Waals surface area contributed by atoms with Crippen LogP contribution in [0.3, 0.4) is 0 Å². The molecule has 0 fully saturated rings. The van der Waals surface area contributed by atoms with Crippen molar-refractivity contribution in [2.45, 2.75) is 6.92 Å². The average molecular weight is 207 g/mol. The molecule has 14 heavy (non-hydrogen) atoms.